The lowest BCUT2D eigenvalue weighted by Crippen LogP contribution is -2.24. The average Bonchev–Trinajstić information content (AvgIpc) is 3.14. The highest BCUT2D eigenvalue weighted by atomic mass is 35.5. The Hall–Kier alpha value is -1.60. The van der Waals surface area contributed by atoms with E-state index in [-0.39, 0.29) is 26.7 Å². The highest BCUT2D eigenvalue weighted by Gasteiger charge is 2.27. The Balaban J connectivity index is 1.97. The first-order valence-electron chi connectivity index (χ1n) is 6.84. The Bertz CT molecular complexity index is 847. The smallest absolute Gasteiger partial charge is 0.274 e. The molecule has 1 aliphatic rings. The van der Waals surface area contributed by atoms with Crippen molar-refractivity contribution >= 4 is 38.8 Å². The number of hydrogen-bond acceptors (Lipinski definition) is 6. The van der Waals surface area contributed by atoms with Crippen molar-refractivity contribution in [3.8, 4) is 6.07 Å². The number of ether oxygens (including phenoxy) is 1. The molecule has 0 spiro atoms. The highest BCUT2D eigenvalue weighted by Crippen LogP contribution is 2.32. The van der Waals surface area contributed by atoms with E-state index < -0.39 is 10.0 Å². The fourth-order valence-electron chi connectivity index (χ4n) is 2.40. The predicted molar refractivity (Wildman–Crippen MR) is 86.2 cm³/mol. The van der Waals surface area contributed by atoms with Gasteiger partial charge in [-0.3, -0.25) is 4.72 Å². The normalized spacial score (nSPS) is 16.2. The molecule has 0 aromatic carbocycles. The van der Waals surface area contributed by atoms with Crippen LogP contribution in [0.1, 0.15) is 24.4 Å². The van der Waals surface area contributed by atoms with Gasteiger partial charge in [0.2, 0.25) is 0 Å². The topological polar surface area (TPSA) is 97.0 Å². The van der Waals surface area contributed by atoms with Gasteiger partial charge in [-0.05, 0) is 24.3 Å². The number of aromatic nitrogens is 2. The van der Waals surface area contributed by atoms with E-state index in [1.807, 2.05) is 6.07 Å². The van der Waals surface area contributed by atoms with E-state index in [9.17, 15) is 13.7 Å². The van der Waals surface area contributed by atoms with Crippen LogP contribution < -0.4 is 4.72 Å². The molecular weight excluding hydrogens is 360 g/mol. The van der Waals surface area contributed by atoms with Crippen molar-refractivity contribution in [2.24, 2.45) is 0 Å². The van der Waals surface area contributed by atoms with E-state index in [1.165, 1.54) is 12.3 Å². The third-order valence-corrected chi connectivity index (χ3v) is 6.87. The monoisotopic (exact) mass is 372 g/mol. The zero-order valence-electron chi connectivity index (χ0n) is 11.9. The van der Waals surface area contributed by atoms with Gasteiger partial charge in [0, 0.05) is 13.2 Å². The van der Waals surface area contributed by atoms with Crippen LogP contribution >= 0.6 is 22.9 Å². The maximum Gasteiger partial charge on any atom is 0.274 e. The minimum absolute atomic E-state index is 0.0117. The maximum atomic E-state index is 12.5. The summed E-state index contributed by atoms with van der Waals surface area (Å²) in [4.78, 5) is 0. The molecule has 0 bridgehead atoms. The third-order valence-electron chi connectivity index (χ3n) is 3.51. The molecule has 122 valence electrons. The molecule has 3 rings (SSSR count). The van der Waals surface area contributed by atoms with Gasteiger partial charge >= 0.3 is 0 Å². The summed E-state index contributed by atoms with van der Waals surface area (Å²) in [6.45, 7) is 1.16. The molecule has 3 heterocycles. The quantitative estimate of drug-likeness (QED) is 0.889. The second-order valence-electron chi connectivity index (χ2n) is 4.97. The van der Waals surface area contributed by atoms with Crippen molar-refractivity contribution in [1.29, 1.82) is 5.26 Å². The number of anilines is 1. The molecule has 23 heavy (non-hydrogen) atoms. The van der Waals surface area contributed by atoms with Gasteiger partial charge in [-0.15, -0.1) is 11.3 Å². The molecule has 1 saturated heterocycles. The van der Waals surface area contributed by atoms with Crippen molar-refractivity contribution in [2.45, 2.75) is 23.1 Å². The van der Waals surface area contributed by atoms with Gasteiger partial charge in [-0.2, -0.15) is 10.4 Å². The molecule has 0 saturated carbocycles. The number of hydrogen-bond donors (Lipinski definition) is 1. The second kappa shape index (κ2) is 6.49. The Morgan fingerprint density at radius 1 is 1.48 bits per heavy atom. The van der Waals surface area contributed by atoms with Crippen LogP contribution in [0.5, 0.6) is 0 Å². The van der Waals surface area contributed by atoms with E-state index >= 15 is 0 Å². The summed E-state index contributed by atoms with van der Waals surface area (Å²) in [5.74, 6) is 0.170. The van der Waals surface area contributed by atoms with Crippen molar-refractivity contribution in [3.05, 3.63) is 28.2 Å². The van der Waals surface area contributed by atoms with E-state index in [1.54, 1.807) is 10.1 Å². The van der Waals surface area contributed by atoms with Crippen LogP contribution in [0.25, 0.3) is 0 Å². The fourth-order valence-corrected chi connectivity index (χ4v) is 5.16. The summed E-state index contributed by atoms with van der Waals surface area (Å²) in [5, 5.41) is 15.2. The van der Waals surface area contributed by atoms with E-state index in [0.29, 0.717) is 26.1 Å². The van der Waals surface area contributed by atoms with Crippen LogP contribution in [0.4, 0.5) is 5.82 Å². The van der Waals surface area contributed by atoms with Crippen molar-refractivity contribution in [3.63, 3.8) is 0 Å². The van der Waals surface area contributed by atoms with Crippen LogP contribution in [0.2, 0.25) is 5.02 Å². The van der Waals surface area contributed by atoms with Crippen LogP contribution in [-0.4, -0.2) is 31.4 Å². The predicted octanol–water partition coefficient (Wildman–Crippen LogP) is 2.62. The number of nitrogens with one attached hydrogen (secondary N) is 1. The first kappa shape index (κ1) is 16.3. The SMILES string of the molecule is N#Cc1cnn(C2CCOCC2)c1NS(=O)(=O)c1sccc1Cl. The van der Waals surface area contributed by atoms with Gasteiger partial charge < -0.3 is 4.74 Å². The van der Waals surface area contributed by atoms with Gasteiger partial charge in [0.15, 0.2) is 10.0 Å². The van der Waals surface area contributed by atoms with Gasteiger partial charge in [0.25, 0.3) is 10.0 Å². The Labute approximate surface area is 142 Å². The lowest BCUT2D eigenvalue weighted by molar-refractivity contribution is 0.0669. The summed E-state index contributed by atoms with van der Waals surface area (Å²) in [6, 6.07) is 3.47. The third kappa shape index (κ3) is 3.21. The molecule has 10 heteroatoms. The van der Waals surface area contributed by atoms with Crippen LogP contribution in [0.15, 0.2) is 21.9 Å². The van der Waals surface area contributed by atoms with Crippen molar-refractivity contribution < 1.29 is 13.2 Å². The molecule has 0 unspecified atom stereocenters. The number of rotatable bonds is 4. The summed E-state index contributed by atoms with van der Waals surface area (Å²) < 4.78 is 34.4. The lowest BCUT2D eigenvalue weighted by atomic mass is 10.1. The fraction of sp³-hybridized carbons (Fsp3) is 0.385. The van der Waals surface area contributed by atoms with Crippen molar-refractivity contribution in [2.75, 3.05) is 17.9 Å². The van der Waals surface area contributed by atoms with Gasteiger partial charge in [-0.1, -0.05) is 11.6 Å². The maximum absolute atomic E-state index is 12.5. The molecule has 7 nitrogen and oxygen atoms in total. The molecule has 1 fully saturated rings. The molecule has 1 N–H and O–H groups in total. The zero-order chi connectivity index (χ0) is 16.4. The number of nitriles is 1. The lowest BCUT2D eigenvalue weighted by Gasteiger charge is -2.24. The molecule has 0 amide bonds. The molecular formula is C13H13ClN4O3S2. The number of sulfonamides is 1. The largest absolute Gasteiger partial charge is 0.381 e. The van der Waals surface area contributed by atoms with Gasteiger partial charge in [0.1, 0.15) is 11.6 Å². The Kier molecular flexibility index (Phi) is 4.59. The van der Waals surface area contributed by atoms with Gasteiger partial charge in [-0.25, -0.2) is 13.1 Å². The second-order valence-corrected chi connectivity index (χ2v) is 8.17. The van der Waals surface area contributed by atoms with Crippen LogP contribution in [0, 0.1) is 11.3 Å². The highest BCUT2D eigenvalue weighted by molar-refractivity contribution is 7.94. The zero-order valence-corrected chi connectivity index (χ0v) is 14.3. The summed E-state index contributed by atoms with van der Waals surface area (Å²) in [6.07, 6.45) is 2.78. The molecule has 0 aliphatic carbocycles. The van der Waals surface area contributed by atoms with E-state index in [0.717, 1.165) is 11.3 Å². The molecule has 2 aromatic heterocycles. The van der Waals surface area contributed by atoms with Gasteiger partial charge in [0.05, 0.1) is 17.3 Å². The molecule has 2 aromatic rings. The number of halogens is 1. The Morgan fingerprint density at radius 3 is 2.83 bits per heavy atom. The van der Waals surface area contributed by atoms with Crippen molar-refractivity contribution in [1.82, 2.24) is 9.78 Å². The number of nitrogens with zero attached hydrogens (tertiary/aromatic N) is 3. The average molecular weight is 373 g/mol. The summed E-state index contributed by atoms with van der Waals surface area (Å²) in [7, 11) is -3.87. The Morgan fingerprint density at radius 2 is 2.22 bits per heavy atom. The van der Waals surface area contributed by atoms with E-state index in [4.69, 9.17) is 16.3 Å². The molecule has 1 aliphatic heterocycles. The minimum atomic E-state index is -3.87. The molecule has 0 atom stereocenters. The summed E-state index contributed by atoms with van der Waals surface area (Å²) in [5.41, 5.74) is 0.174. The van der Waals surface area contributed by atoms with Crippen LogP contribution in [0.3, 0.4) is 0 Å². The standard InChI is InChI=1S/C13H13ClN4O3S2/c14-11-3-6-22-13(11)23(19,20)17-12-9(7-15)8-16-18(12)10-1-4-21-5-2-10/h3,6,8,10,17H,1-2,4-5H2. The first-order chi connectivity index (χ1) is 11.0. The minimum Gasteiger partial charge on any atom is -0.381 e. The van der Waals surface area contributed by atoms with Crippen LogP contribution in [-0.2, 0) is 14.8 Å². The first-order valence-corrected chi connectivity index (χ1v) is 9.58. The van der Waals surface area contributed by atoms with E-state index in [2.05, 4.69) is 9.82 Å². The summed E-state index contributed by atoms with van der Waals surface area (Å²) >= 11 is 6.93. The number of thiophene rings is 1. The molecule has 0 radical (unpaired) electrons.